The van der Waals surface area contributed by atoms with Crippen LogP contribution in [0.2, 0.25) is 0 Å². The standard InChI is InChI=1S/C18H29N5O2/c19-8-3-9-22-10-6-13(7-11-22)23-12-16-17(21-18(23)24)20-14-4-1-2-5-15(14)25-16/h12-15H,1-11,19H2,(H,20,21,24). The van der Waals surface area contributed by atoms with Gasteiger partial charge in [-0.1, -0.05) is 6.42 Å². The molecule has 25 heavy (non-hydrogen) atoms. The van der Waals surface area contributed by atoms with Crippen LogP contribution in [0, 0.1) is 0 Å². The van der Waals surface area contributed by atoms with Crippen molar-refractivity contribution >= 4 is 5.82 Å². The van der Waals surface area contributed by atoms with Gasteiger partial charge >= 0.3 is 5.69 Å². The van der Waals surface area contributed by atoms with E-state index in [1.807, 2.05) is 6.20 Å². The molecule has 1 aromatic heterocycles. The van der Waals surface area contributed by atoms with E-state index >= 15 is 0 Å². The highest BCUT2D eigenvalue weighted by molar-refractivity contribution is 5.51. The van der Waals surface area contributed by atoms with Gasteiger partial charge < -0.3 is 20.7 Å². The number of nitrogens with two attached hydrogens (primary N) is 1. The van der Waals surface area contributed by atoms with Gasteiger partial charge in [-0.3, -0.25) is 4.57 Å². The smallest absolute Gasteiger partial charge is 0.350 e. The quantitative estimate of drug-likeness (QED) is 0.855. The van der Waals surface area contributed by atoms with Gasteiger partial charge in [-0.2, -0.15) is 4.98 Å². The predicted octanol–water partition coefficient (Wildman–Crippen LogP) is 1.34. The second-order valence-corrected chi connectivity index (χ2v) is 7.55. The molecule has 0 spiro atoms. The molecule has 138 valence electrons. The third kappa shape index (κ3) is 3.53. The lowest BCUT2D eigenvalue weighted by Gasteiger charge is -2.38. The molecule has 3 aliphatic rings. The largest absolute Gasteiger partial charge is 0.483 e. The summed E-state index contributed by atoms with van der Waals surface area (Å²) in [4.78, 5) is 19.3. The lowest BCUT2D eigenvalue weighted by Crippen LogP contribution is -2.45. The summed E-state index contributed by atoms with van der Waals surface area (Å²) in [7, 11) is 0. The van der Waals surface area contributed by atoms with Crippen molar-refractivity contribution in [2.24, 2.45) is 5.73 Å². The van der Waals surface area contributed by atoms with Crippen LogP contribution in [0.3, 0.4) is 0 Å². The minimum absolute atomic E-state index is 0.162. The highest BCUT2D eigenvalue weighted by atomic mass is 16.5. The molecular weight excluding hydrogens is 318 g/mol. The number of rotatable bonds is 4. The van der Waals surface area contributed by atoms with Crippen LogP contribution in [-0.2, 0) is 0 Å². The first-order chi connectivity index (χ1) is 12.2. The number of nitrogens with zero attached hydrogens (tertiary/aromatic N) is 3. The van der Waals surface area contributed by atoms with Gasteiger partial charge in [0.15, 0.2) is 11.6 Å². The Labute approximate surface area is 148 Å². The van der Waals surface area contributed by atoms with Crippen molar-refractivity contribution in [2.45, 2.75) is 63.1 Å². The van der Waals surface area contributed by atoms with Crippen molar-refractivity contribution in [3.8, 4) is 5.75 Å². The lowest BCUT2D eigenvalue weighted by molar-refractivity contribution is 0.126. The average Bonchev–Trinajstić information content (AvgIpc) is 2.65. The van der Waals surface area contributed by atoms with E-state index in [1.165, 1.54) is 12.8 Å². The number of hydrogen-bond donors (Lipinski definition) is 2. The van der Waals surface area contributed by atoms with Crippen LogP contribution in [0.25, 0.3) is 0 Å². The maximum Gasteiger partial charge on any atom is 0.350 e. The molecule has 1 saturated carbocycles. The molecule has 0 radical (unpaired) electrons. The van der Waals surface area contributed by atoms with Gasteiger partial charge in [0.25, 0.3) is 0 Å². The molecule has 7 nitrogen and oxygen atoms in total. The Morgan fingerprint density at radius 3 is 2.84 bits per heavy atom. The summed E-state index contributed by atoms with van der Waals surface area (Å²) >= 11 is 0. The summed E-state index contributed by atoms with van der Waals surface area (Å²) in [6.07, 6.45) is 9.70. The van der Waals surface area contributed by atoms with Crippen molar-refractivity contribution in [3.05, 3.63) is 16.7 Å². The van der Waals surface area contributed by atoms with Gasteiger partial charge in [-0.05, 0) is 51.6 Å². The van der Waals surface area contributed by atoms with Crippen molar-refractivity contribution in [2.75, 3.05) is 31.5 Å². The van der Waals surface area contributed by atoms with E-state index in [4.69, 9.17) is 10.5 Å². The molecule has 0 aromatic carbocycles. The van der Waals surface area contributed by atoms with E-state index in [1.54, 1.807) is 4.57 Å². The zero-order chi connectivity index (χ0) is 17.2. The van der Waals surface area contributed by atoms with Crippen LogP contribution in [0.15, 0.2) is 11.0 Å². The van der Waals surface area contributed by atoms with E-state index in [0.29, 0.717) is 11.9 Å². The van der Waals surface area contributed by atoms with Crippen LogP contribution in [0.4, 0.5) is 5.82 Å². The number of piperidine rings is 1. The third-order valence-electron chi connectivity index (χ3n) is 5.85. The second-order valence-electron chi connectivity index (χ2n) is 7.55. The summed E-state index contributed by atoms with van der Waals surface area (Å²) in [6, 6.07) is 0.516. The molecule has 2 aliphatic heterocycles. The number of likely N-dealkylation sites (tertiary alicyclic amines) is 1. The first kappa shape index (κ1) is 16.8. The molecule has 0 bridgehead atoms. The van der Waals surface area contributed by atoms with Gasteiger partial charge in [-0.25, -0.2) is 4.79 Å². The first-order valence-corrected chi connectivity index (χ1v) is 9.73. The van der Waals surface area contributed by atoms with E-state index in [0.717, 1.165) is 64.0 Å². The summed E-state index contributed by atoms with van der Waals surface area (Å²) in [5, 5.41) is 3.43. The average molecular weight is 347 g/mol. The fourth-order valence-corrected chi connectivity index (χ4v) is 4.38. The number of fused-ring (bicyclic) bond motifs is 2. The Balaban J connectivity index is 1.48. The molecule has 3 heterocycles. The number of hydrogen-bond acceptors (Lipinski definition) is 6. The van der Waals surface area contributed by atoms with Crippen LogP contribution in [-0.4, -0.2) is 52.8 Å². The summed E-state index contributed by atoms with van der Waals surface area (Å²) in [5.41, 5.74) is 5.43. The Kier molecular flexibility index (Phi) is 4.94. The topological polar surface area (TPSA) is 85.4 Å². The zero-order valence-electron chi connectivity index (χ0n) is 14.8. The van der Waals surface area contributed by atoms with Crippen molar-refractivity contribution in [1.82, 2.24) is 14.5 Å². The van der Waals surface area contributed by atoms with Crippen molar-refractivity contribution in [3.63, 3.8) is 0 Å². The second kappa shape index (κ2) is 7.33. The van der Waals surface area contributed by atoms with E-state index in [-0.39, 0.29) is 17.8 Å². The normalized spacial score (nSPS) is 27.1. The minimum Gasteiger partial charge on any atom is -0.483 e. The maximum atomic E-state index is 12.5. The molecule has 1 aliphatic carbocycles. The molecule has 1 aromatic rings. The monoisotopic (exact) mass is 347 g/mol. The van der Waals surface area contributed by atoms with Gasteiger partial charge in [-0.15, -0.1) is 0 Å². The Morgan fingerprint density at radius 2 is 2.04 bits per heavy atom. The van der Waals surface area contributed by atoms with Gasteiger partial charge in [0.05, 0.1) is 12.2 Å². The van der Waals surface area contributed by atoms with Crippen molar-refractivity contribution < 1.29 is 4.74 Å². The van der Waals surface area contributed by atoms with E-state index in [2.05, 4.69) is 15.2 Å². The highest BCUT2D eigenvalue weighted by Gasteiger charge is 2.33. The maximum absolute atomic E-state index is 12.5. The van der Waals surface area contributed by atoms with Gasteiger partial charge in [0.1, 0.15) is 6.10 Å². The molecular formula is C18H29N5O2. The van der Waals surface area contributed by atoms with E-state index < -0.39 is 0 Å². The Morgan fingerprint density at radius 1 is 1.24 bits per heavy atom. The highest BCUT2D eigenvalue weighted by Crippen LogP contribution is 2.35. The molecule has 4 rings (SSSR count). The molecule has 2 unspecified atom stereocenters. The molecule has 7 heteroatoms. The fourth-order valence-electron chi connectivity index (χ4n) is 4.38. The SMILES string of the molecule is NCCCN1CCC(n2cc3c(nc2=O)NC2CCCCC2O3)CC1. The molecule has 2 fully saturated rings. The summed E-state index contributed by atoms with van der Waals surface area (Å²) in [5.74, 6) is 1.37. The lowest BCUT2D eigenvalue weighted by atomic mass is 9.91. The van der Waals surface area contributed by atoms with Crippen LogP contribution in [0.1, 0.15) is 51.0 Å². The molecule has 2 atom stereocenters. The number of nitrogens with one attached hydrogen (secondary N) is 1. The van der Waals surface area contributed by atoms with Crippen LogP contribution >= 0.6 is 0 Å². The van der Waals surface area contributed by atoms with Crippen LogP contribution in [0.5, 0.6) is 5.75 Å². The van der Waals surface area contributed by atoms with Gasteiger partial charge in [0, 0.05) is 19.1 Å². The number of anilines is 1. The van der Waals surface area contributed by atoms with E-state index in [9.17, 15) is 4.79 Å². The summed E-state index contributed by atoms with van der Waals surface area (Å²) < 4.78 is 7.98. The molecule has 3 N–H and O–H groups in total. The Hall–Kier alpha value is -1.60. The minimum atomic E-state index is -0.162. The number of ether oxygens (including phenoxy) is 1. The first-order valence-electron chi connectivity index (χ1n) is 9.73. The molecule has 1 saturated heterocycles. The summed E-state index contributed by atoms with van der Waals surface area (Å²) in [6.45, 7) is 3.81. The van der Waals surface area contributed by atoms with Crippen molar-refractivity contribution in [1.29, 1.82) is 0 Å². The van der Waals surface area contributed by atoms with Crippen LogP contribution < -0.4 is 21.5 Å². The predicted molar refractivity (Wildman–Crippen MR) is 97.2 cm³/mol. The van der Waals surface area contributed by atoms with Gasteiger partial charge in [0.2, 0.25) is 0 Å². The zero-order valence-corrected chi connectivity index (χ0v) is 14.8. The Bertz CT molecular complexity index is 653. The number of aromatic nitrogens is 2. The third-order valence-corrected chi connectivity index (χ3v) is 5.85. The fraction of sp³-hybridized carbons (Fsp3) is 0.778. The molecule has 0 amide bonds.